The van der Waals surface area contributed by atoms with Gasteiger partial charge < -0.3 is 11.1 Å². The van der Waals surface area contributed by atoms with Crippen LogP contribution in [0.1, 0.15) is 25.3 Å². The van der Waals surface area contributed by atoms with E-state index in [0.717, 1.165) is 5.56 Å². The van der Waals surface area contributed by atoms with Crippen LogP contribution < -0.4 is 11.1 Å². The van der Waals surface area contributed by atoms with Crippen LogP contribution in [0.3, 0.4) is 0 Å². The summed E-state index contributed by atoms with van der Waals surface area (Å²) in [5, 5.41) is 13.3. The Kier molecular flexibility index (Phi) is 5.24. The van der Waals surface area contributed by atoms with E-state index in [9.17, 15) is 14.9 Å². The van der Waals surface area contributed by atoms with E-state index in [1.54, 1.807) is 6.92 Å². The van der Waals surface area contributed by atoms with E-state index in [-0.39, 0.29) is 11.5 Å². The van der Waals surface area contributed by atoms with E-state index in [2.05, 4.69) is 11.4 Å². The summed E-state index contributed by atoms with van der Waals surface area (Å²) < 4.78 is 0. The van der Waals surface area contributed by atoms with E-state index in [0.29, 0.717) is 21.9 Å². The number of primary amides is 1. The Morgan fingerprint density at radius 2 is 2.00 bits per heavy atom. The van der Waals surface area contributed by atoms with Gasteiger partial charge in [-0.05, 0) is 19.4 Å². The molecular weight excluding hydrogens is 310 g/mol. The molecule has 1 aliphatic heterocycles. The number of rotatable bonds is 5. The SMILES string of the molecule is CC(=O)C1=C(C)NC(SCC(N)=O)=C(C#N)C1c1ccccc1. The lowest BCUT2D eigenvalue weighted by Gasteiger charge is -2.29. The van der Waals surface area contributed by atoms with Crippen LogP contribution in [-0.2, 0) is 9.59 Å². The molecule has 23 heavy (non-hydrogen) atoms. The zero-order valence-electron chi connectivity index (χ0n) is 12.9. The van der Waals surface area contributed by atoms with Gasteiger partial charge in [0.15, 0.2) is 5.78 Å². The number of amides is 1. The van der Waals surface area contributed by atoms with Gasteiger partial charge in [0, 0.05) is 11.3 Å². The molecule has 1 atom stereocenters. The second-order valence-corrected chi connectivity index (χ2v) is 6.16. The number of Topliss-reactive ketones (excluding diaryl/α,β-unsaturated/α-hetero) is 1. The first kappa shape index (κ1) is 16.8. The van der Waals surface area contributed by atoms with Gasteiger partial charge >= 0.3 is 0 Å². The van der Waals surface area contributed by atoms with Crippen LogP contribution in [0.4, 0.5) is 0 Å². The number of nitrogens with one attached hydrogen (secondary N) is 1. The maximum absolute atomic E-state index is 12.1. The molecule has 0 radical (unpaired) electrons. The van der Waals surface area contributed by atoms with Crippen LogP contribution in [0.15, 0.2) is 52.2 Å². The highest BCUT2D eigenvalue weighted by Gasteiger charge is 2.32. The van der Waals surface area contributed by atoms with Crippen LogP contribution >= 0.6 is 11.8 Å². The molecule has 0 aliphatic carbocycles. The van der Waals surface area contributed by atoms with Crippen LogP contribution in [0, 0.1) is 11.3 Å². The van der Waals surface area contributed by atoms with Crippen molar-refractivity contribution in [1.82, 2.24) is 5.32 Å². The molecule has 6 heteroatoms. The Morgan fingerprint density at radius 1 is 1.35 bits per heavy atom. The number of nitrogens with two attached hydrogens (primary N) is 1. The molecule has 1 aliphatic rings. The molecule has 0 saturated heterocycles. The standard InChI is InChI=1S/C17H17N3O2S/c1-10-15(11(2)21)16(12-6-4-3-5-7-12)13(8-18)17(20-10)23-9-14(19)22/h3-7,16,20H,9H2,1-2H3,(H2,19,22). The second kappa shape index (κ2) is 7.16. The van der Waals surface area contributed by atoms with Crippen molar-refractivity contribution in [2.75, 3.05) is 5.75 Å². The lowest BCUT2D eigenvalue weighted by Crippen LogP contribution is -2.27. The third-order valence-corrected chi connectivity index (χ3v) is 4.56. The Balaban J connectivity index is 2.56. The number of carbonyl (C=O) groups excluding carboxylic acids is 2. The van der Waals surface area contributed by atoms with Crippen LogP contribution in [-0.4, -0.2) is 17.4 Å². The van der Waals surface area contributed by atoms with Gasteiger partial charge in [-0.2, -0.15) is 5.26 Å². The van der Waals surface area contributed by atoms with E-state index in [1.807, 2.05) is 30.3 Å². The van der Waals surface area contributed by atoms with Crippen molar-refractivity contribution in [3.63, 3.8) is 0 Å². The molecule has 0 fully saturated rings. The lowest BCUT2D eigenvalue weighted by atomic mass is 9.81. The summed E-state index contributed by atoms with van der Waals surface area (Å²) in [4.78, 5) is 23.2. The number of thioether (sulfide) groups is 1. The third-order valence-electron chi connectivity index (χ3n) is 3.52. The Hall–Kier alpha value is -2.52. The zero-order chi connectivity index (χ0) is 17.0. The van der Waals surface area contributed by atoms with Gasteiger partial charge in [0.05, 0.1) is 28.3 Å². The van der Waals surface area contributed by atoms with Gasteiger partial charge in [-0.3, -0.25) is 9.59 Å². The van der Waals surface area contributed by atoms with Gasteiger partial charge in [-0.1, -0.05) is 42.1 Å². The topological polar surface area (TPSA) is 96.0 Å². The molecule has 118 valence electrons. The average molecular weight is 327 g/mol. The fraction of sp³-hybridized carbons (Fsp3) is 0.235. The van der Waals surface area contributed by atoms with Crippen molar-refractivity contribution in [2.24, 2.45) is 5.73 Å². The summed E-state index contributed by atoms with van der Waals surface area (Å²) in [6, 6.07) is 11.6. The van der Waals surface area contributed by atoms with Gasteiger partial charge in [0.2, 0.25) is 5.91 Å². The molecule has 1 aromatic carbocycles. The minimum absolute atomic E-state index is 0.0672. The first-order chi connectivity index (χ1) is 11.0. The fourth-order valence-corrected chi connectivity index (χ4v) is 3.45. The van der Waals surface area contributed by atoms with Gasteiger partial charge in [0.25, 0.3) is 0 Å². The summed E-state index contributed by atoms with van der Waals surface area (Å²) in [6.07, 6.45) is 0. The zero-order valence-corrected chi connectivity index (χ0v) is 13.7. The normalized spacial score (nSPS) is 17.5. The van der Waals surface area contributed by atoms with Crippen molar-refractivity contribution in [2.45, 2.75) is 19.8 Å². The molecule has 1 heterocycles. The number of nitriles is 1. The molecule has 1 aromatic rings. The molecule has 3 N–H and O–H groups in total. The second-order valence-electron chi connectivity index (χ2n) is 5.17. The molecule has 0 saturated carbocycles. The smallest absolute Gasteiger partial charge is 0.227 e. The van der Waals surface area contributed by atoms with Crippen LogP contribution in [0.2, 0.25) is 0 Å². The van der Waals surface area contributed by atoms with E-state index < -0.39 is 11.8 Å². The third kappa shape index (κ3) is 3.63. The highest BCUT2D eigenvalue weighted by Crippen LogP contribution is 2.40. The number of dihydropyridines is 1. The summed E-state index contributed by atoms with van der Waals surface area (Å²) in [7, 11) is 0. The van der Waals surface area contributed by atoms with E-state index in [1.165, 1.54) is 18.7 Å². The van der Waals surface area contributed by atoms with Crippen molar-refractivity contribution >= 4 is 23.5 Å². The largest absolute Gasteiger partial charge is 0.369 e. The Bertz CT molecular complexity index is 745. The van der Waals surface area contributed by atoms with Crippen molar-refractivity contribution in [1.29, 1.82) is 5.26 Å². The summed E-state index contributed by atoms with van der Waals surface area (Å²) in [5.74, 6) is -0.916. The van der Waals surface area contributed by atoms with Crippen molar-refractivity contribution < 1.29 is 9.59 Å². The van der Waals surface area contributed by atoms with Gasteiger partial charge in [-0.25, -0.2) is 0 Å². The summed E-state index contributed by atoms with van der Waals surface area (Å²) in [6.45, 7) is 3.29. The van der Waals surface area contributed by atoms with Gasteiger partial charge in [-0.15, -0.1) is 0 Å². The molecule has 1 amide bonds. The molecule has 0 spiro atoms. The predicted molar refractivity (Wildman–Crippen MR) is 90.0 cm³/mol. The fourth-order valence-electron chi connectivity index (χ4n) is 2.62. The highest BCUT2D eigenvalue weighted by atomic mass is 32.2. The van der Waals surface area contributed by atoms with E-state index >= 15 is 0 Å². The van der Waals surface area contributed by atoms with Gasteiger partial charge in [0.1, 0.15) is 0 Å². The number of nitrogens with zero attached hydrogens (tertiary/aromatic N) is 1. The average Bonchev–Trinajstić information content (AvgIpc) is 2.52. The van der Waals surface area contributed by atoms with Crippen LogP contribution in [0.5, 0.6) is 0 Å². The van der Waals surface area contributed by atoms with E-state index in [4.69, 9.17) is 5.73 Å². The van der Waals surface area contributed by atoms with Crippen LogP contribution in [0.25, 0.3) is 0 Å². The predicted octanol–water partition coefficient (Wildman–Crippen LogP) is 2.19. The Labute approximate surface area is 139 Å². The number of hydrogen-bond acceptors (Lipinski definition) is 5. The first-order valence-electron chi connectivity index (χ1n) is 7.04. The summed E-state index contributed by atoms with van der Waals surface area (Å²) in [5.41, 5.74) is 7.75. The molecular formula is C17H17N3O2S. The number of ketones is 1. The minimum Gasteiger partial charge on any atom is -0.369 e. The van der Waals surface area contributed by atoms with Crippen molar-refractivity contribution in [3.8, 4) is 6.07 Å². The minimum atomic E-state index is -0.461. The van der Waals surface area contributed by atoms with Crippen molar-refractivity contribution in [3.05, 3.63) is 57.8 Å². The number of benzene rings is 1. The Morgan fingerprint density at radius 3 is 2.52 bits per heavy atom. The highest BCUT2D eigenvalue weighted by molar-refractivity contribution is 8.03. The summed E-state index contributed by atoms with van der Waals surface area (Å²) >= 11 is 1.18. The number of allylic oxidation sites excluding steroid dienone is 3. The number of carbonyl (C=O) groups is 2. The molecule has 0 aromatic heterocycles. The molecule has 5 nitrogen and oxygen atoms in total. The molecule has 2 rings (SSSR count). The number of hydrogen-bond donors (Lipinski definition) is 2. The maximum atomic E-state index is 12.1. The molecule has 0 bridgehead atoms. The molecule has 1 unspecified atom stereocenters. The quantitative estimate of drug-likeness (QED) is 0.864. The maximum Gasteiger partial charge on any atom is 0.227 e. The lowest BCUT2D eigenvalue weighted by molar-refractivity contribution is -0.115. The monoisotopic (exact) mass is 327 g/mol. The first-order valence-corrected chi connectivity index (χ1v) is 8.03.